The van der Waals surface area contributed by atoms with E-state index in [0.29, 0.717) is 30.6 Å². The van der Waals surface area contributed by atoms with Crippen LogP contribution in [0.4, 0.5) is 13.2 Å². The lowest BCUT2D eigenvalue weighted by Crippen LogP contribution is -2.38. The molecule has 1 aromatic heterocycles. The van der Waals surface area contributed by atoms with E-state index < -0.39 is 12.4 Å². The molecule has 0 aliphatic rings. The molecule has 0 fully saturated rings. The summed E-state index contributed by atoms with van der Waals surface area (Å²) in [7, 11) is 0. The molecular weight excluding hydrogens is 508 g/mol. The van der Waals surface area contributed by atoms with E-state index in [0.717, 1.165) is 5.56 Å². The minimum atomic E-state index is -3.03. The molecule has 154 valence electrons. The van der Waals surface area contributed by atoms with Crippen LogP contribution in [-0.4, -0.2) is 30.6 Å². The van der Waals surface area contributed by atoms with Gasteiger partial charge >= 0.3 is 6.61 Å². The normalized spacial score (nSPS) is 11.1. The van der Waals surface area contributed by atoms with Gasteiger partial charge in [0.15, 0.2) is 5.96 Å². The Morgan fingerprint density at radius 3 is 2.68 bits per heavy atom. The number of hydrogen-bond donors (Lipinski definition) is 2. The zero-order valence-corrected chi connectivity index (χ0v) is 18.2. The quantitative estimate of drug-likeness (QED) is 0.231. The van der Waals surface area contributed by atoms with Gasteiger partial charge in [0.1, 0.15) is 16.7 Å². The summed E-state index contributed by atoms with van der Waals surface area (Å²) in [4.78, 5) is 8.26. The molecule has 0 amide bonds. The van der Waals surface area contributed by atoms with Gasteiger partial charge in [-0.3, -0.25) is 0 Å². The zero-order chi connectivity index (χ0) is 19.6. The second kappa shape index (κ2) is 12.7. The topological polar surface area (TPSA) is 58.5 Å². The molecule has 2 rings (SSSR count). The number of hydrogen-bond acceptors (Lipinski definition) is 3. The van der Waals surface area contributed by atoms with Crippen molar-refractivity contribution in [1.29, 1.82) is 0 Å². The van der Waals surface area contributed by atoms with Crippen molar-refractivity contribution in [2.45, 2.75) is 26.5 Å². The van der Waals surface area contributed by atoms with E-state index in [2.05, 4.69) is 25.3 Å². The van der Waals surface area contributed by atoms with Gasteiger partial charge in [-0.05, 0) is 37.1 Å². The fourth-order valence-electron chi connectivity index (χ4n) is 2.28. The van der Waals surface area contributed by atoms with Crippen LogP contribution in [0.1, 0.15) is 18.1 Å². The molecule has 0 aliphatic heterocycles. The number of aromatic nitrogens is 1. The third-order valence-electron chi connectivity index (χ3n) is 3.53. The predicted octanol–water partition coefficient (Wildman–Crippen LogP) is 4.39. The standard InChI is InChI=1S/C18H20ClF3N4O.HI/c1-2-23-18(24-9-8-12-6-7-16(19)25-10-12)26-11-13-14(20)4-3-5-15(13)27-17(21)22;/h3-7,10,17H,2,8-9,11H2,1H3,(H2,23,24,26);1H. The third-order valence-corrected chi connectivity index (χ3v) is 3.75. The lowest BCUT2D eigenvalue weighted by molar-refractivity contribution is -0.0506. The first kappa shape index (κ1) is 24.3. The molecular formula is C18H21ClF3IN4O. The summed E-state index contributed by atoms with van der Waals surface area (Å²) in [5, 5.41) is 6.54. The van der Waals surface area contributed by atoms with Gasteiger partial charge in [0.25, 0.3) is 0 Å². The van der Waals surface area contributed by atoms with Gasteiger partial charge in [-0.25, -0.2) is 14.4 Å². The minimum absolute atomic E-state index is 0. The molecule has 0 bridgehead atoms. The van der Waals surface area contributed by atoms with Crippen LogP contribution in [0.25, 0.3) is 0 Å². The van der Waals surface area contributed by atoms with Crippen LogP contribution >= 0.6 is 35.6 Å². The average molecular weight is 529 g/mol. The van der Waals surface area contributed by atoms with E-state index in [9.17, 15) is 13.2 Å². The number of halogens is 5. The molecule has 1 aromatic carbocycles. The Labute approximate surface area is 183 Å². The molecule has 28 heavy (non-hydrogen) atoms. The minimum Gasteiger partial charge on any atom is -0.434 e. The highest BCUT2D eigenvalue weighted by Crippen LogP contribution is 2.24. The number of pyridine rings is 1. The number of benzene rings is 1. The highest BCUT2D eigenvalue weighted by atomic mass is 127. The molecule has 0 saturated heterocycles. The van der Waals surface area contributed by atoms with Gasteiger partial charge in [0.2, 0.25) is 0 Å². The van der Waals surface area contributed by atoms with Crippen molar-refractivity contribution in [3.05, 3.63) is 58.6 Å². The van der Waals surface area contributed by atoms with Crippen LogP contribution in [-0.2, 0) is 13.0 Å². The summed E-state index contributed by atoms with van der Waals surface area (Å²) in [6.45, 7) is -0.158. The summed E-state index contributed by atoms with van der Waals surface area (Å²) in [6, 6.07) is 7.35. The van der Waals surface area contributed by atoms with Crippen molar-refractivity contribution in [2.75, 3.05) is 13.1 Å². The highest BCUT2D eigenvalue weighted by molar-refractivity contribution is 14.0. The largest absolute Gasteiger partial charge is 0.434 e. The molecule has 0 saturated carbocycles. The number of nitrogens with one attached hydrogen (secondary N) is 2. The zero-order valence-electron chi connectivity index (χ0n) is 15.1. The second-order valence-electron chi connectivity index (χ2n) is 5.46. The third kappa shape index (κ3) is 8.09. The fourth-order valence-corrected chi connectivity index (χ4v) is 2.39. The van der Waals surface area contributed by atoms with Crippen molar-refractivity contribution in [3.63, 3.8) is 0 Å². The number of ether oxygens (including phenoxy) is 1. The Morgan fingerprint density at radius 1 is 1.25 bits per heavy atom. The lowest BCUT2D eigenvalue weighted by atomic mass is 10.2. The molecule has 0 aliphatic carbocycles. The summed E-state index contributed by atoms with van der Waals surface area (Å²) in [6.07, 6.45) is 2.36. The monoisotopic (exact) mass is 528 g/mol. The van der Waals surface area contributed by atoms with Gasteiger partial charge in [-0.15, -0.1) is 24.0 Å². The van der Waals surface area contributed by atoms with Crippen molar-refractivity contribution in [1.82, 2.24) is 15.6 Å². The average Bonchev–Trinajstić information content (AvgIpc) is 2.62. The van der Waals surface area contributed by atoms with E-state index in [1.54, 1.807) is 12.3 Å². The molecule has 10 heteroatoms. The fraction of sp³-hybridized carbons (Fsp3) is 0.333. The SMILES string of the molecule is CCNC(=NCc1c(F)cccc1OC(F)F)NCCc1ccc(Cl)nc1.I. The van der Waals surface area contributed by atoms with Gasteiger partial charge < -0.3 is 15.4 Å². The number of nitrogens with zero attached hydrogens (tertiary/aromatic N) is 2. The number of alkyl halides is 2. The van der Waals surface area contributed by atoms with E-state index in [1.165, 1.54) is 18.2 Å². The Morgan fingerprint density at radius 2 is 2.04 bits per heavy atom. The first-order valence-corrected chi connectivity index (χ1v) is 8.72. The maximum atomic E-state index is 14.0. The molecule has 0 atom stereocenters. The van der Waals surface area contributed by atoms with Crippen LogP contribution in [0.15, 0.2) is 41.5 Å². The van der Waals surface area contributed by atoms with Crippen molar-refractivity contribution in [2.24, 2.45) is 4.99 Å². The number of aliphatic imine (C=N–C) groups is 1. The maximum absolute atomic E-state index is 14.0. The van der Waals surface area contributed by atoms with Gasteiger partial charge in [0.05, 0.1) is 12.1 Å². The molecule has 1 heterocycles. The number of guanidine groups is 1. The Balaban J connectivity index is 0.00000392. The van der Waals surface area contributed by atoms with E-state index in [-0.39, 0.29) is 41.8 Å². The van der Waals surface area contributed by atoms with Gasteiger partial charge in [-0.2, -0.15) is 8.78 Å². The lowest BCUT2D eigenvalue weighted by Gasteiger charge is -2.13. The van der Waals surface area contributed by atoms with Crippen LogP contribution in [0.3, 0.4) is 0 Å². The van der Waals surface area contributed by atoms with Crippen LogP contribution in [0, 0.1) is 5.82 Å². The van der Waals surface area contributed by atoms with E-state index in [1.807, 2.05) is 13.0 Å². The van der Waals surface area contributed by atoms with E-state index >= 15 is 0 Å². The van der Waals surface area contributed by atoms with Crippen LogP contribution in [0.5, 0.6) is 5.75 Å². The summed E-state index contributed by atoms with van der Waals surface area (Å²) in [5.41, 5.74) is 0.960. The predicted molar refractivity (Wildman–Crippen MR) is 114 cm³/mol. The van der Waals surface area contributed by atoms with Crippen molar-refractivity contribution >= 4 is 41.5 Å². The maximum Gasteiger partial charge on any atom is 0.387 e. The molecule has 2 aromatic rings. The first-order valence-electron chi connectivity index (χ1n) is 8.34. The van der Waals surface area contributed by atoms with E-state index in [4.69, 9.17) is 11.6 Å². The summed E-state index contributed by atoms with van der Waals surface area (Å²) < 4.78 is 43.3. The molecule has 0 spiro atoms. The summed E-state index contributed by atoms with van der Waals surface area (Å²) >= 11 is 5.75. The second-order valence-corrected chi connectivity index (χ2v) is 5.84. The first-order chi connectivity index (χ1) is 13.0. The highest BCUT2D eigenvalue weighted by Gasteiger charge is 2.13. The Bertz CT molecular complexity index is 763. The smallest absolute Gasteiger partial charge is 0.387 e. The van der Waals surface area contributed by atoms with Crippen molar-refractivity contribution in [3.8, 4) is 5.75 Å². The Kier molecular flexibility index (Phi) is 11.0. The molecule has 0 unspecified atom stereocenters. The molecule has 2 N–H and O–H groups in total. The molecule has 0 radical (unpaired) electrons. The van der Waals surface area contributed by atoms with Crippen LogP contribution in [0.2, 0.25) is 5.15 Å². The summed E-state index contributed by atoms with van der Waals surface area (Å²) in [5.74, 6) is -0.442. The van der Waals surface area contributed by atoms with Gasteiger partial charge in [-0.1, -0.05) is 23.7 Å². The Hall–Kier alpha value is -1.75. The van der Waals surface area contributed by atoms with Crippen LogP contribution < -0.4 is 15.4 Å². The number of rotatable bonds is 8. The molecule has 5 nitrogen and oxygen atoms in total. The van der Waals surface area contributed by atoms with Crippen molar-refractivity contribution < 1.29 is 17.9 Å². The van der Waals surface area contributed by atoms with Gasteiger partial charge in [0, 0.05) is 19.3 Å².